The van der Waals surface area contributed by atoms with Gasteiger partial charge in [0.05, 0.1) is 17.2 Å². The fraction of sp³-hybridized carbons (Fsp3) is 0.179. The molecule has 1 aliphatic rings. The number of imide groups is 1. The molecule has 7 nitrogen and oxygen atoms in total. The summed E-state index contributed by atoms with van der Waals surface area (Å²) in [7, 11) is 0. The number of nitrogens with one attached hydrogen (secondary N) is 1. The molecule has 0 spiro atoms. The first kappa shape index (κ1) is 26.3. The maximum atomic E-state index is 12.9. The molecule has 4 rings (SSSR count). The van der Waals surface area contributed by atoms with Crippen LogP contribution in [-0.4, -0.2) is 30.3 Å². The lowest BCUT2D eigenvalue weighted by atomic mass is 10.1. The molecule has 0 atom stereocenters. The molecule has 1 saturated heterocycles. The van der Waals surface area contributed by atoms with Crippen molar-refractivity contribution in [3.8, 4) is 11.5 Å². The van der Waals surface area contributed by atoms with Gasteiger partial charge in [-0.15, -0.1) is 0 Å². The zero-order valence-corrected chi connectivity index (χ0v) is 22.1. The van der Waals surface area contributed by atoms with Crippen LogP contribution in [0.4, 0.5) is 16.2 Å². The Hall–Kier alpha value is -3.75. The summed E-state index contributed by atoms with van der Waals surface area (Å²) in [6.07, 6.45) is 1.62. The summed E-state index contributed by atoms with van der Waals surface area (Å²) in [6.45, 7) is 6.00. The van der Waals surface area contributed by atoms with Gasteiger partial charge in [-0.1, -0.05) is 23.7 Å². The van der Waals surface area contributed by atoms with E-state index in [4.69, 9.17) is 21.1 Å². The average Bonchev–Trinajstić information content (AvgIpc) is 3.14. The lowest BCUT2D eigenvalue weighted by molar-refractivity contribution is -0.118. The molecule has 0 saturated carbocycles. The summed E-state index contributed by atoms with van der Waals surface area (Å²) >= 11 is 6.77. The van der Waals surface area contributed by atoms with Crippen molar-refractivity contribution in [2.75, 3.05) is 23.4 Å². The number of amides is 3. The van der Waals surface area contributed by atoms with Crippen LogP contribution in [0.2, 0.25) is 5.02 Å². The third-order valence-electron chi connectivity index (χ3n) is 5.59. The van der Waals surface area contributed by atoms with Gasteiger partial charge in [0.25, 0.3) is 17.1 Å². The Labute approximate surface area is 224 Å². The van der Waals surface area contributed by atoms with Gasteiger partial charge in [-0.25, -0.2) is 4.90 Å². The Bertz CT molecular complexity index is 1390. The molecular weight excluding hydrogens is 512 g/mol. The van der Waals surface area contributed by atoms with Crippen molar-refractivity contribution in [2.24, 2.45) is 0 Å². The minimum absolute atomic E-state index is 0.202. The first-order valence-electron chi connectivity index (χ1n) is 11.6. The van der Waals surface area contributed by atoms with Crippen molar-refractivity contribution in [1.29, 1.82) is 0 Å². The fourth-order valence-electron chi connectivity index (χ4n) is 3.59. The van der Waals surface area contributed by atoms with Crippen molar-refractivity contribution in [1.82, 2.24) is 0 Å². The van der Waals surface area contributed by atoms with Crippen LogP contribution >= 0.6 is 23.4 Å². The molecule has 1 heterocycles. The van der Waals surface area contributed by atoms with E-state index in [9.17, 15) is 14.4 Å². The summed E-state index contributed by atoms with van der Waals surface area (Å²) in [5, 5.41) is 2.95. The van der Waals surface area contributed by atoms with Gasteiger partial charge < -0.3 is 14.8 Å². The van der Waals surface area contributed by atoms with E-state index in [-0.39, 0.29) is 17.4 Å². The number of rotatable bonds is 8. The number of nitrogens with zero attached hydrogens (tertiary/aromatic N) is 1. The van der Waals surface area contributed by atoms with Crippen LogP contribution in [0.5, 0.6) is 11.5 Å². The lowest BCUT2D eigenvalue weighted by Gasteiger charge is -2.13. The maximum absolute atomic E-state index is 12.9. The van der Waals surface area contributed by atoms with Crippen molar-refractivity contribution in [3.05, 3.63) is 87.3 Å². The quantitative estimate of drug-likeness (QED) is 0.326. The van der Waals surface area contributed by atoms with Gasteiger partial charge in [0, 0.05) is 10.7 Å². The normalized spacial score (nSPS) is 14.3. The Kier molecular flexibility index (Phi) is 8.21. The van der Waals surface area contributed by atoms with Crippen LogP contribution in [0.15, 0.2) is 65.6 Å². The van der Waals surface area contributed by atoms with E-state index in [1.54, 1.807) is 48.5 Å². The van der Waals surface area contributed by atoms with Crippen molar-refractivity contribution >= 4 is 57.9 Å². The van der Waals surface area contributed by atoms with Crippen LogP contribution in [0.25, 0.3) is 6.08 Å². The second-order valence-electron chi connectivity index (χ2n) is 8.27. The number of hydrogen-bond donors (Lipinski definition) is 1. The number of ether oxygens (including phenoxy) is 2. The topological polar surface area (TPSA) is 84.9 Å². The Morgan fingerprint density at radius 3 is 2.43 bits per heavy atom. The van der Waals surface area contributed by atoms with E-state index >= 15 is 0 Å². The molecule has 3 amide bonds. The van der Waals surface area contributed by atoms with Gasteiger partial charge in [0.15, 0.2) is 18.1 Å². The SMILES string of the molecule is CCOc1cc(/C=C2\SC(=O)N(c3ccc(Cl)cc3)C2=O)ccc1OCC(=O)Nc1ccc(C)c(C)c1. The zero-order valence-electron chi connectivity index (χ0n) is 20.5. The van der Waals surface area contributed by atoms with E-state index in [0.717, 1.165) is 27.8 Å². The predicted molar refractivity (Wildman–Crippen MR) is 148 cm³/mol. The van der Waals surface area contributed by atoms with E-state index < -0.39 is 11.1 Å². The van der Waals surface area contributed by atoms with Crippen molar-refractivity contribution in [2.45, 2.75) is 20.8 Å². The van der Waals surface area contributed by atoms with Crippen LogP contribution in [-0.2, 0) is 9.59 Å². The van der Waals surface area contributed by atoms with Crippen LogP contribution in [0, 0.1) is 13.8 Å². The largest absolute Gasteiger partial charge is 0.490 e. The third-order valence-corrected chi connectivity index (χ3v) is 6.71. The number of thioether (sulfide) groups is 1. The molecule has 0 bridgehead atoms. The summed E-state index contributed by atoms with van der Waals surface area (Å²) < 4.78 is 11.4. The predicted octanol–water partition coefficient (Wildman–Crippen LogP) is 6.61. The van der Waals surface area contributed by atoms with Gasteiger partial charge in [0.2, 0.25) is 0 Å². The molecule has 3 aromatic rings. The molecule has 190 valence electrons. The number of aryl methyl sites for hydroxylation is 2. The Morgan fingerprint density at radius 1 is 0.973 bits per heavy atom. The Morgan fingerprint density at radius 2 is 1.73 bits per heavy atom. The molecule has 1 N–H and O–H groups in total. The van der Waals surface area contributed by atoms with Gasteiger partial charge in [-0.2, -0.15) is 0 Å². The van der Waals surface area contributed by atoms with E-state index in [1.165, 1.54) is 0 Å². The van der Waals surface area contributed by atoms with Crippen LogP contribution < -0.4 is 19.7 Å². The molecular formula is C28H25ClN2O5S. The average molecular weight is 537 g/mol. The summed E-state index contributed by atoms with van der Waals surface area (Å²) in [4.78, 5) is 39.3. The smallest absolute Gasteiger partial charge is 0.298 e. The third kappa shape index (κ3) is 6.34. The molecule has 1 aliphatic heterocycles. The number of carbonyl (C=O) groups excluding carboxylic acids is 3. The highest BCUT2D eigenvalue weighted by atomic mass is 35.5. The summed E-state index contributed by atoms with van der Waals surface area (Å²) in [5.41, 5.74) is 4.03. The summed E-state index contributed by atoms with van der Waals surface area (Å²) in [5.74, 6) is 0.0972. The molecule has 37 heavy (non-hydrogen) atoms. The lowest BCUT2D eigenvalue weighted by Crippen LogP contribution is -2.27. The highest BCUT2D eigenvalue weighted by Crippen LogP contribution is 2.37. The minimum Gasteiger partial charge on any atom is -0.490 e. The molecule has 3 aromatic carbocycles. The van der Waals surface area contributed by atoms with Gasteiger partial charge in [0.1, 0.15) is 0 Å². The number of hydrogen-bond acceptors (Lipinski definition) is 6. The first-order chi connectivity index (χ1) is 17.7. The monoisotopic (exact) mass is 536 g/mol. The van der Waals surface area contributed by atoms with Gasteiger partial charge >= 0.3 is 0 Å². The van der Waals surface area contributed by atoms with E-state index in [2.05, 4.69) is 5.32 Å². The zero-order chi connectivity index (χ0) is 26.5. The standard InChI is InChI=1S/C28H25ClN2O5S/c1-4-35-24-14-19(15-25-27(33)31(28(34)37-25)22-10-7-20(29)8-11-22)6-12-23(24)36-16-26(32)30-21-9-5-17(2)18(3)13-21/h5-15H,4,16H2,1-3H3,(H,30,32)/b25-15-. The number of carbonyl (C=O) groups is 3. The minimum atomic E-state index is -0.418. The number of anilines is 2. The highest BCUT2D eigenvalue weighted by Gasteiger charge is 2.36. The second kappa shape index (κ2) is 11.5. The molecule has 0 unspecified atom stereocenters. The van der Waals surface area contributed by atoms with Crippen LogP contribution in [0.3, 0.4) is 0 Å². The number of benzene rings is 3. The molecule has 0 aromatic heterocycles. The maximum Gasteiger partial charge on any atom is 0.298 e. The summed E-state index contributed by atoms with van der Waals surface area (Å²) in [6, 6.07) is 17.3. The van der Waals surface area contributed by atoms with Crippen molar-refractivity contribution < 1.29 is 23.9 Å². The Balaban J connectivity index is 1.46. The number of halogens is 1. The fourth-order valence-corrected chi connectivity index (χ4v) is 4.56. The second-order valence-corrected chi connectivity index (χ2v) is 9.70. The molecule has 1 fully saturated rings. The molecule has 0 aliphatic carbocycles. The van der Waals surface area contributed by atoms with E-state index in [0.29, 0.717) is 40.1 Å². The van der Waals surface area contributed by atoms with Gasteiger partial charge in [-0.3, -0.25) is 14.4 Å². The molecule has 0 radical (unpaired) electrons. The first-order valence-corrected chi connectivity index (χ1v) is 12.7. The van der Waals surface area contributed by atoms with Crippen LogP contribution in [0.1, 0.15) is 23.6 Å². The molecule has 9 heteroatoms. The highest BCUT2D eigenvalue weighted by molar-refractivity contribution is 8.19. The van der Waals surface area contributed by atoms with Crippen molar-refractivity contribution in [3.63, 3.8) is 0 Å². The van der Waals surface area contributed by atoms with E-state index in [1.807, 2.05) is 39.0 Å². The van der Waals surface area contributed by atoms with Gasteiger partial charge in [-0.05, 0) is 104 Å².